The lowest BCUT2D eigenvalue weighted by molar-refractivity contribution is 0.0749. The topological polar surface area (TPSA) is 93.1 Å². The van der Waals surface area contributed by atoms with Crippen molar-refractivity contribution in [2.45, 2.75) is 71.9 Å². The first kappa shape index (κ1) is 35.4. The summed E-state index contributed by atoms with van der Waals surface area (Å²) < 4.78 is 24.1. The van der Waals surface area contributed by atoms with Crippen molar-refractivity contribution in [3.63, 3.8) is 0 Å². The van der Waals surface area contributed by atoms with Crippen LogP contribution in [0.15, 0.2) is 53.6 Å². The number of nitrogens with zero attached hydrogens (tertiary/aromatic N) is 4. The van der Waals surface area contributed by atoms with Crippen LogP contribution >= 0.6 is 0 Å². The van der Waals surface area contributed by atoms with Gasteiger partial charge in [0.2, 0.25) is 0 Å². The molecule has 0 aromatic heterocycles. The van der Waals surface area contributed by atoms with Gasteiger partial charge in [0.1, 0.15) is 0 Å². The number of rotatable bonds is 12. The standard InChI is InChI=1S/C40H52N4O6/c1-25-14-27-20-41-31-18-35(33(47-8)16-29(31)37(45)43(27)21-25)50-24-40(5,6)11-10-39(3,4)12-13-49-36-19-32-30(17-34(36)48-9)38(46)44-22-26(2)15-28(44)23-42(32)7/h16-20,27-28H,1-2,10-15,21-24H2,3-9H3/t27?,28-/m1/s1. The van der Waals surface area contributed by atoms with Gasteiger partial charge in [0.25, 0.3) is 11.8 Å². The fourth-order valence-corrected chi connectivity index (χ4v) is 7.35. The first-order valence-electron chi connectivity index (χ1n) is 17.6. The average molecular weight is 685 g/mol. The third-order valence-electron chi connectivity index (χ3n) is 10.6. The van der Waals surface area contributed by atoms with Crippen LogP contribution in [-0.4, -0.2) is 94.0 Å². The lowest BCUT2D eigenvalue weighted by Gasteiger charge is -2.31. The molecule has 2 amide bonds. The maximum Gasteiger partial charge on any atom is 0.257 e. The molecule has 0 N–H and O–H groups in total. The van der Waals surface area contributed by atoms with Crippen molar-refractivity contribution in [1.29, 1.82) is 0 Å². The number of benzene rings is 2. The summed E-state index contributed by atoms with van der Waals surface area (Å²) in [4.78, 5) is 37.4. The largest absolute Gasteiger partial charge is 0.493 e. The van der Waals surface area contributed by atoms with E-state index in [2.05, 4.69) is 50.7 Å². The van der Waals surface area contributed by atoms with E-state index in [0.29, 0.717) is 66.1 Å². The van der Waals surface area contributed by atoms with Crippen LogP contribution in [0.2, 0.25) is 0 Å². The van der Waals surface area contributed by atoms with E-state index in [1.807, 2.05) is 41.3 Å². The van der Waals surface area contributed by atoms with Crippen molar-refractivity contribution in [3.05, 3.63) is 59.7 Å². The predicted octanol–water partition coefficient (Wildman–Crippen LogP) is 7.09. The van der Waals surface area contributed by atoms with Gasteiger partial charge in [-0.25, -0.2) is 0 Å². The normalized spacial score (nSPS) is 20.3. The summed E-state index contributed by atoms with van der Waals surface area (Å²) in [5.41, 5.74) is 4.62. The molecule has 1 unspecified atom stereocenters. The highest BCUT2D eigenvalue weighted by molar-refractivity contribution is 6.04. The summed E-state index contributed by atoms with van der Waals surface area (Å²) in [6.45, 7) is 20.0. The van der Waals surface area contributed by atoms with Gasteiger partial charge in [0, 0.05) is 45.0 Å². The average Bonchev–Trinajstić information content (AvgIpc) is 3.59. The van der Waals surface area contributed by atoms with Gasteiger partial charge in [-0.1, -0.05) is 52.0 Å². The fourth-order valence-electron chi connectivity index (χ4n) is 7.35. The van der Waals surface area contributed by atoms with Crippen molar-refractivity contribution in [1.82, 2.24) is 9.80 Å². The first-order valence-corrected chi connectivity index (χ1v) is 17.6. The van der Waals surface area contributed by atoms with Crippen LogP contribution in [0.1, 0.15) is 80.5 Å². The summed E-state index contributed by atoms with van der Waals surface area (Å²) in [6.07, 6.45) is 6.15. The lowest BCUT2D eigenvalue weighted by Crippen LogP contribution is -2.38. The minimum absolute atomic E-state index is 0.00556. The Labute approximate surface area is 296 Å². The second kappa shape index (κ2) is 13.7. The minimum Gasteiger partial charge on any atom is -0.493 e. The molecule has 4 aliphatic heterocycles. The number of fused-ring (bicyclic) bond motifs is 4. The van der Waals surface area contributed by atoms with E-state index in [1.54, 1.807) is 20.3 Å². The van der Waals surface area contributed by atoms with Gasteiger partial charge in [-0.15, -0.1) is 0 Å². The number of carbonyl (C=O) groups is 2. The summed E-state index contributed by atoms with van der Waals surface area (Å²) in [5, 5.41) is 0. The maximum absolute atomic E-state index is 13.5. The summed E-state index contributed by atoms with van der Waals surface area (Å²) in [5.74, 6) is 2.26. The SMILES string of the molecule is C=C1CC2C=Nc3cc(OCC(C)(C)CCC(C)(C)CCOc4cc5c(cc4OC)C(=O)N4CC(=C)C[C@@H]4CN5C)c(OC)cc3C(=O)N2C1. The van der Waals surface area contributed by atoms with Crippen molar-refractivity contribution in [2.75, 3.05) is 59.0 Å². The monoisotopic (exact) mass is 684 g/mol. The predicted molar refractivity (Wildman–Crippen MR) is 197 cm³/mol. The molecule has 10 nitrogen and oxygen atoms in total. The summed E-state index contributed by atoms with van der Waals surface area (Å²) >= 11 is 0. The molecule has 6 rings (SSSR count). The number of hydrogen-bond donors (Lipinski definition) is 0. The molecule has 10 heteroatoms. The Bertz CT molecular complexity index is 1730. The molecule has 0 spiro atoms. The highest BCUT2D eigenvalue weighted by Gasteiger charge is 2.38. The molecular formula is C40H52N4O6. The zero-order valence-electron chi connectivity index (χ0n) is 30.8. The maximum atomic E-state index is 13.5. The summed E-state index contributed by atoms with van der Waals surface area (Å²) in [7, 11) is 5.23. The molecule has 2 saturated heterocycles. The zero-order chi connectivity index (χ0) is 36.0. The number of ether oxygens (including phenoxy) is 4. The number of likely N-dealkylation sites (N-methyl/N-ethyl adjacent to an activating group) is 1. The second-order valence-electron chi connectivity index (χ2n) is 15.9. The van der Waals surface area contributed by atoms with Crippen LogP contribution in [0.25, 0.3) is 0 Å². The zero-order valence-corrected chi connectivity index (χ0v) is 30.8. The molecule has 0 bridgehead atoms. The van der Waals surface area contributed by atoms with E-state index < -0.39 is 0 Å². The quantitative estimate of drug-likeness (QED) is 0.221. The van der Waals surface area contributed by atoms with E-state index in [1.165, 1.54) is 0 Å². The number of hydrogen-bond acceptors (Lipinski definition) is 8. The van der Waals surface area contributed by atoms with Crippen molar-refractivity contribution in [3.8, 4) is 23.0 Å². The Morgan fingerprint density at radius 1 is 0.780 bits per heavy atom. The second-order valence-corrected chi connectivity index (χ2v) is 15.9. The van der Waals surface area contributed by atoms with Gasteiger partial charge in [-0.3, -0.25) is 14.6 Å². The Morgan fingerprint density at radius 3 is 2.12 bits per heavy atom. The molecule has 50 heavy (non-hydrogen) atoms. The Balaban J connectivity index is 1.05. The highest BCUT2D eigenvalue weighted by atomic mass is 16.5. The van der Waals surface area contributed by atoms with Crippen molar-refractivity contribution in [2.24, 2.45) is 15.8 Å². The van der Waals surface area contributed by atoms with Crippen LogP contribution in [0.4, 0.5) is 11.4 Å². The Morgan fingerprint density at radius 2 is 1.40 bits per heavy atom. The van der Waals surface area contributed by atoms with E-state index in [0.717, 1.165) is 55.5 Å². The number of aliphatic imine (C=N–C) groups is 1. The third-order valence-corrected chi connectivity index (χ3v) is 10.6. The fraction of sp³-hybridized carbons (Fsp3) is 0.525. The van der Waals surface area contributed by atoms with Crippen molar-refractivity contribution < 1.29 is 28.5 Å². The number of methoxy groups -OCH3 is 2. The molecule has 4 heterocycles. The number of carbonyl (C=O) groups excluding carboxylic acids is 2. The number of anilines is 1. The van der Waals surface area contributed by atoms with Gasteiger partial charge >= 0.3 is 0 Å². The smallest absolute Gasteiger partial charge is 0.257 e. The van der Waals surface area contributed by atoms with Crippen LogP contribution in [0.3, 0.4) is 0 Å². The minimum atomic E-state index is -0.129. The Kier molecular flexibility index (Phi) is 9.68. The molecule has 2 aromatic carbocycles. The molecule has 0 radical (unpaired) electrons. The Hall–Kier alpha value is -4.47. The van der Waals surface area contributed by atoms with Crippen molar-refractivity contribution >= 4 is 29.4 Å². The molecule has 2 fully saturated rings. The first-order chi connectivity index (χ1) is 23.7. The third kappa shape index (κ3) is 7.21. The molecule has 268 valence electrons. The van der Waals surface area contributed by atoms with Gasteiger partial charge < -0.3 is 33.6 Å². The van der Waals surface area contributed by atoms with Crippen LogP contribution < -0.4 is 23.8 Å². The van der Waals surface area contributed by atoms with Gasteiger partial charge in [0.15, 0.2) is 23.0 Å². The van der Waals surface area contributed by atoms with Crippen LogP contribution in [0, 0.1) is 10.8 Å². The lowest BCUT2D eigenvalue weighted by atomic mass is 9.78. The molecule has 0 aliphatic carbocycles. The molecule has 4 aliphatic rings. The molecular weight excluding hydrogens is 632 g/mol. The van der Waals surface area contributed by atoms with Crippen LogP contribution in [-0.2, 0) is 0 Å². The van der Waals surface area contributed by atoms with Gasteiger partial charge in [-0.2, -0.15) is 0 Å². The number of amides is 2. The highest BCUT2D eigenvalue weighted by Crippen LogP contribution is 2.42. The summed E-state index contributed by atoms with van der Waals surface area (Å²) in [6, 6.07) is 7.41. The van der Waals surface area contributed by atoms with Gasteiger partial charge in [-0.05, 0) is 55.1 Å². The van der Waals surface area contributed by atoms with E-state index in [9.17, 15) is 9.59 Å². The molecule has 2 atom stereocenters. The van der Waals surface area contributed by atoms with Crippen LogP contribution in [0.5, 0.6) is 23.0 Å². The molecule has 0 saturated carbocycles. The van der Waals surface area contributed by atoms with E-state index >= 15 is 0 Å². The van der Waals surface area contributed by atoms with E-state index in [4.69, 9.17) is 18.9 Å². The van der Waals surface area contributed by atoms with E-state index in [-0.39, 0.29) is 34.7 Å². The van der Waals surface area contributed by atoms with Gasteiger partial charge in [0.05, 0.1) is 62.0 Å². The molecule has 2 aromatic rings.